The third-order valence-corrected chi connectivity index (χ3v) is 1.41. The zero-order valence-corrected chi connectivity index (χ0v) is 5.84. The van der Waals surface area contributed by atoms with Crippen LogP contribution in [0, 0.1) is 5.82 Å². The maximum Gasteiger partial charge on any atom is 0.127 e. The highest BCUT2D eigenvalue weighted by Crippen LogP contribution is 2.00. The fourth-order valence-electron chi connectivity index (χ4n) is 0.846. The van der Waals surface area contributed by atoms with Crippen LogP contribution in [0.1, 0.15) is 5.56 Å². The van der Waals surface area contributed by atoms with Gasteiger partial charge in [-0.25, -0.2) is 4.39 Å². The van der Waals surface area contributed by atoms with Crippen LogP contribution in [0.3, 0.4) is 0 Å². The van der Waals surface area contributed by atoms with E-state index in [2.05, 4.69) is 0 Å². The molecule has 0 unspecified atom stereocenters. The Bertz CT molecular complexity index is 252. The first-order valence-electron chi connectivity index (χ1n) is 3.09. The summed E-state index contributed by atoms with van der Waals surface area (Å²) in [7, 11) is 10.6. The molecule has 0 amide bonds. The molecule has 1 aromatic carbocycles. The van der Waals surface area contributed by atoms with Crippen molar-refractivity contribution in [2.45, 2.75) is 6.61 Å². The van der Waals surface area contributed by atoms with E-state index in [0.29, 0.717) is 0 Å². The molecule has 0 aliphatic heterocycles. The third kappa shape index (κ3) is 1.63. The summed E-state index contributed by atoms with van der Waals surface area (Å²) in [5, 5.41) is 8.63. The van der Waals surface area contributed by atoms with Crippen LogP contribution in [0.25, 0.3) is 0 Å². The van der Waals surface area contributed by atoms with E-state index in [1.165, 1.54) is 6.07 Å². The van der Waals surface area contributed by atoms with Crippen molar-refractivity contribution in [3.05, 3.63) is 23.5 Å². The second-order valence-electron chi connectivity index (χ2n) is 2.23. The van der Waals surface area contributed by atoms with Crippen LogP contribution in [-0.4, -0.2) is 20.8 Å². The average Bonchev–Trinajstić information content (AvgIpc) is 1.85. The summed E-state index contributed by atoms with van der Waals surface area (Å²) >= 11 is 0. The summed E-state index contributed by atoms with van der Waals surface area (Å²) in [4.78, 5) is 0. The van der Waals surface area contributed by atoms with Crippen molar-refractivity contribution in [2.24, 2.45) is 0 Å². The van der Waals surface area contributed by atoms with E-state index >= 15 is 0 Å². The minimum atomic E-state index is -0.565. The van der Waals surface area contributed by atoms with Crippen molar-refractivity contribution in [1.82, 2.24) is 0 Å². The van der Waals surface area contributed by atoms with Gasteiger partial charge in [0.15, 0.2) is 0 Å². The maximum atomic E-state index is 12.8. The fraction of sp³-hybridized carbons (Fsp3) is 0.143. The zero-order valence-electron chi connectivity index (χ0n) is 5.84. The van der Waals surface area contributed by atoms with Gasteiger partial charge in [0.1, 0.15) is 21.5 Å². The summed E-state index contributed by atoms with van der Waals surface area (Å²) in [6, 6.07) is 2.54. The van der Waals surface area contributed by atoms with E-state index < -0.39 is 12.4 Å². The Labute approximate surface area is 67.1 Å². The minimum Gasteiger partial charge on any atom is -0.392 e. The summed E-state index contributed by atoms with van der Waals surface area (Å²) < 4.78 is 12.8. The van der Waals surface area contributed by atoms with Gasteiger partial charge >= 0.3 is 0 Å². The highest BCUT2D eigenvalue weighted by atomic mass is 19.1. The molecule has 1 rings (SSSR count). The lowest BCUT2D eigenvalue weighted by molar-refractivity contribution is 0.277. The summed E-state index contributed by atoms with van der Waals surface area (Å²) in [6.45, 7) is -0.405. The van der Waals surface area contributed by atoms with E-state index in [9.17, 15) is 4.39 Å². The zero-order chi connectivity index (χ0) is 8.43. The SMILES string of the molecule is [B]c1cc([B])c(CO)c(F)c1. The highest BCUT2D eigenvalue weighted by molar-refractivity contribution is 6.38. The first-order valence-corrected chi connectivity index (χ1v) is 3.09. The first kappa shape index (κ1) is 8.34. The molecule has 0 fully saturated rings. The second-order valence-corrected chi connectivity index (χ2v) is 2.23. The Morgan fingerprint density at radius 3 is 2.45 bits per heavy atom. The molecule has 0 aromatic heterocycles. The van der Waals surface area contributed by atoms with Crippen LogP contribution >= 0.6 is 0 Å². The van der Waals surface area contributed by atoms with Gasteiger partial charge in [0.25, 0.3) is 0 Å². The van der Waals surface area contributed by atoms with Crippen molar-refractivity contribution in [1.29, 1.82) is 0 Å². The number of rotatable bonds is 1. The molecule has 0 spiro atoms. The summed E-state index contributed by atoms with van der Waals surface area (Å²) in [5.74, 6) is -0.565. The lowest BCUT2D eigenvalue weighted by atomic mass is 9.84. The van der Waals surface area contributed by atoms with Crippen molar-refractivity contribution < 1.29 is 9.50 Å². The Morgan fingerprint density at radius 2 is 2.00 bits per heavy atom. The maximum absolute atomic E-state index is 12.8. The Morgan fingerprint density at radius 1 is 1.36 bits per heavy atom. The number of hydrogen-bond acceptors (Lipinski definition) is 1. The molecule has 52 valence electrons. The third-order valence-electron chi connectivity index (χ3n) is 1.41. The largest absolute Gasteiger partial charge is 0.392 e. The summed E-state index contributed by atoms with van der Waals surface area (Å²) in [5.41, 5.74) is 0.543. The number of benzene rings is 1. The monoisotopic (exact) mass is 146 g/mol. The van der Waals surface area contributed by atoms with Crippen LogP contribution in [0.4, 0.5) is 4.39 Å². The van der Waals surface area contributed by atoms with Gasteiger partial charge in [-0.1, -0.05) is 17.0 Å². The van der Waals surface area contributed by atoms with Crippen molar-refractivity contribution in [3.8, 4) is 0 Å². The molecule has 0 saturated heterocycles. The highest BCUT2D eigenvalue weighted by Gasteiger charge is 2.03. The van der Waals surface area contributed by atoms with Crippen LogP contribution in [-0.2, 0) is 6.61 Å². The molecular formula is C7H5B2FO. The molecule has 0 aliphatic rings. The average molecular weight is 146 g/mol. The second kappa shape index (κ2) is 3.09. The Balaban J connectivity index is 3.25. The van der Waals surface area contributed by atoms with Crippen LogP contribution in [0.2, 0.25) is 0 Å². The van der Waals surface area contributed by atoms with Gasteiger partial charge in [0, 0.05) is 5.56 Å². The van der Waals surface area contributed by atoms with Gasteiger partial charge in [-0.05, 0) is 6.07 Å². The smallest absolute Gasteiger partial charge is 0.127 e. The molecule has 1 N–H and O–H groups in total. The van der Waals surface area contributed by atoms with Crippen molar-refractivity contribution in [2.75, 3.05) is 0 Å². The predicted molar refractivity (Wildman–Crippen MR) is 43.1 cm³/mol. The van der Waals surface area contributed by atoms with Crippen molar-refractivity contribution in [3.63, 3.8) is 0 Å². The number of aliphatic hydroxyl groups excluding tert-OH is 1. The quantitative estimate of drug-likeness (QED) is 0.498. The lowest BCUT2D eigenvalue weighted by Gasteiger charge is -2.05. The van der Waals surface area contributed by atoms with Gasteiger partial charge < -0.3 is 5.11 Å². The normalized spacial score (nSPS) is 10.0. The standard InChI is InChI=1S/C7H5B2FO/c8-4-1-6(9)5(3-11)7(10)2-4/h1-2,11H,3H2. The molecular weight excluding hydrogens is 141 g/mol. The molecule has 1 nitrogen and oxygen atoms in total. The van der Waals surface area contributed by atoms with Crippen LogP contribution in [0.15, 0.2) is 12.1 Å². The molecule has 4 radical (unpaired) electrons. The van der Waals surface area contributed by atoms with Gasteiger partial charge in [-0.2, -0.15) is 0 Å². The number of halogens is 1. The molecule has 0 bridgehead atoms. The van der Waals surface area contributed by atoms with E-state index in [1.807, 2.05) is 0 Å². The van der Waals surface area contributed by atoms with E-state index in [1.54, 1.807) is 0 Å². The van der Waals surface area contributed by atoms with Gasteiger partial charge in [-0.3, -0.25) is 0 Å². The topological polar surface area (TPSA) is 20.2 Å². The van der Waals surface area contributed by atoms with E-state index in [0.717, 1.165) is 6.07 Å². The molecule has 0 saturated carbocycles. The van der Waals surface area contributed by atoms with Crippen LogP contribution < -0.4 is 10.9 Å². The van der Waals surface area contributed by atoms with Crippen LogP contribution in [0.5, 0.6) is 0 Å². The van der Waals surface area contributed by atoms with Gasteiger partial charge in [0.2, 0.25) is 0 Å². The van der Waals surface area contributed by atoms with Gasteiger partial charge in [-0.15, -0.1) is 0 Å². The Hall–Kier alpha value is -0.760. The van der Waals surface area contributed by atoms with Crippen molar-refractivity contribution >= 4 is 26.6 Å². The lowest BCUT2D eigenvalue weighted by Crippen LogP contribution is -2.20. The predicted octanol–water partition coefficient (Wildman–Crippen LogP) is -1.09. The first-order chi connectivity index (χ1) is 5.15. The number of hydrogen-bond donors (Lipinski definition) is 1. The molecule has 0 atom stereocenters. The molecule has 1 aromatic rings. The van der Waals surface area contributed by atoms with E-state index in [4.69, 9.17) is 20.8 Å². The fourth-order valence-corrected chi connectivity index (χ4v) is 0.846. The summed E-state index contributed by atoms with van der Waals surface area (Å²) in [6.07, 6.45) is 0. The minimum absolute atomic E-state index is 0.0965. The molecule has 11 heavy (non-hydrogen) atoms. The van der Waals surface area contributed by atoms with Gasteiger partial charge in [0.05, 0.1) is 6.61 Å². The Kier molecular flexibility index (Phi) is 2.34. The molecule has 4 heteroatoms. The molecule has 0 aliphatic carbocycles. The number of aliphatic hydroxyl groups is 1. The van der Waals surface area contributed by atoms with E-state index in [-0.39, 0.29) is 16.5 Å². The molecule has 0 heterocycles.